The molecule has 0 radical (unpaired) electrons. The molecule has 0 aliphatic carbocycles. The van der Waals surface area contributed by atoms with Crippen LogP contribution in [0.25, 0.3) is 11.3 Å². The highest BCUT2D eigenvalue weighted by Gasteiger charge is 2.17. The first kappa shape index (κ1) is 17.8. The molecule has 132 valence electrons. The van der Waals surface area contributed by atoms with E-state index in [1.165, 1.54) is 11.0 Å². The number of primary amides is 1. The number of carbonyl (C=O) groups excluding carboxylic acids is 1. The van der Waals surface area contributed by atoms with E-state index in [2.05, 4.69) is 4.98 Å². The maximum absolute atomic E-state index is 14.0. The molecule has 0 spiro atoms. The van der Waals surface area contributed by atoms with Crippen LogP contribution >= 0.6 is 11.6 Å². The van der Waals surface area contributed by atoms with Gasteiger partial charge in [0, 0.05) is 16.7 Å². The topological polar surface area (TPSA) is 59.2 Å². The first-order valence-electron chi connectivity index (χ1n) is 7.68. The lowest BCUT2D eigenvalue weighted by Crippen LogP contribution is -2.36. The fourth-order valence-corrected chi connectivity index (χ4v) is 2.69. The number of amides is 2. The summed E-state index contributed by atoms with van der Waals surface area (Å²) in [6.45, 7) is 0.108. The van der Waals surface area contributed by atoms with Gasteiger partial charge in [0.2, 0.25) is 0 Å². The number of carbonyl (C=O) groups is 1. The van der Waals surface area contributed by atoms with E-state index in [4.69, 9.17) is 17.3 Å². The molecule has 1 aromatic heterocycles. The molecule has 1 heterocycles. The van der Waals surface area contributed by atoms with Crippen molar-refractivity contribution in [1.82, 2.24) is 4.98 Å². The SMILES string of the molecule is NC(=O)N(Cc1ccccc1Cl)c1cccc(-c2ccc(F)cc2F)n1. The van der Waals surface area contributed by atoms with E-state index < -0.39 is 17.7 Å². The molecule has 0 atom stereocenters. The Bertz CT molecular complexity index is 965. The number of anilines is 1. The molecule has 2 N–H and O–H groups in total. The van der Waals surface area contributed by atoms with Crippen LogP contribution in [0.1, 0.15) is 5.56 Å². The minimum Gasteiger partial charge on any atom is -0.351 e. The van der Waals surface area contributed by atoms with Gasteiger partial charge in [-0.3, -0.25) is 4.90 Å². The van der Waals surface area contributed by atoms with Crippen LogP contribution in [0.15, 0.2) is 60.7 Å². The molecule has 0 aliphatic heterocycles. The Morgan fingerprint density at radius 1 is 1.08 bits per heavy atom. The van der Waals surface area contributed by atoms with Crippen LogP contribution in [-0.2, 0) is 6.54 Å². The van der Waals surface area contributed by atoms with Gasteiger partial charge in [-0.05, 0) is 35.9 Å². The highest BCUT2D eigenvalue weighted by atomic mass is 35.5. The highest BCUT2D eigenvalue weighted by molar-refractivity contribution is 6.31. The maximum Gasteiger partial charge on any atom is 0.320 e. The van der Waals surface area contributed by atoms with E-state index in [0.717, 1.165) is 12.1 Å². The first-order chi connectivity index (χ1) is 12.5. The van der Waals surface area contributed by atoms with Crippen LogP contribution in [0.3, 0.4) is 0 Å². The molecule has 3 rings (SSSR count). The number of pyridine rings is 1. The van der Waals surface area contributed by atoms with Gasteiger partial charge < -0.3 is 5.73 Å². The van der Waals surface area contributed by atoms with Crippen molar-refractivity contribution in [3.63, 3.8) is 0 Å². The van der Waals surface area contributed by atoms with Crippen molar-refractivity contribution in [3.8, 4) is 11.3 Å². The number of hydrogen-bond acceptors (Lipinski definition) is 2. The number of halogens is 3. The van der Waals surface area contributed by atoms with Gasteiger partial charge in [-0.2, -0.15) is 0 Å². The van der Waals surface area contributed by atoms with Crippen LogP contribution in [0.4, 0.5) is 19.4 Å². The molecular formula is C19H14ClF2N3O. The fraction of sp³-hybridized carbons (Fsp3) is 0.0526. The second-order valence-electron chi connectivity index (χ2n) is 5.52. The summed E-state index contributed by atoms with van der Waals surface area (Å²) in [5.41, 5.74) is 6.55. The molecule has 0 bridgehead atoms. The van der Waals surface area contributed by atoms with Gasteiger partial charge in [0.05, 0.1) is 12.2 Å². The molecule has 0 aliphatic rings. The maximum atomic E-state index is 14.0. The summed E-state index contributed by atoms with van der Waals surface area (Å²) in [5.74, 6) is -1.19. The average Bonchev–Trinajstić information content (AvgIpc) is 2.61. The van der Waals surface area contributed by atoms with E-state index in [1.807, 2.05) is 0 Å². The van der Waals surface area contributed by atoms with Gasteiger partial charge >= 0.3 is 6.03 Å². The third-order valence-corrected chi connectivity index (χ3v) is 4.14. The summed E-state index contributed by atoms with van der Waals surface area (Å²) in [4.78, 5) is 17.4. The minimum absolute atomic E-state index is 0.108. The van der Waals surface area contributed by atoms with Crippen molar-refractivity contribution in [2.75, 3.05) is 4.90 Å². The summed E-state index contributed by atoms with van der Waals surface area (Å²) in [6, 6.07) is 14.3. The number of nitrogens with zero attached hydrogens (tertiary/aromatic N) is 2. The van der Waals surface area contributed by atoms with Crippen molar-refractivity contribution < 1.29 is 13.6 Å². The third kappa shape index (κ3) is 3.81. The molecule has 0 unspecified atom stereocenters. The number of nitrogens with two attached hydrogens (primary N) is 1. The normalized spacial score (nSPS) is 10.6. The Hall–Kier alpha value is -2.99. The van der Waals surface area contributed by atoms with E-state index >= 15 is 0 Å². The van der Waals surface area contributed by atoms with Crippen LogP contribution < -0.4 is 10.6 Å². The number of aromatic nitrogens is 1. The smallest absolute Gasteiger partial charge is 0.320 e. The number of hydrogen-bond donors (Lipinski definition) is 1. The van der Waals surface area contributed by atoms with E-state index in [9.17, 15) is 13.6 Å². The lowest BCUT2D eigenvalue weighted by atomic mass is 10.1. The molecule has 0 fully saturated rings. The second kappa shape index (κ2) is 7.49. The second-order valence-corrected chi connectivity index (χ2v) is 5.93. The van der Waals surface area contributed by atoms with Gasteiger partial charge in [-0.15, -0.1) is 0 Å². The Balaban J connectivity index is 1.98. The predicted octanol–water partition coefficient (Wildman–Crippen LogP) is 4.77. The average molecular weight is 374 g/mol. The van der Waals surface area contributed by atoms with E-state index in [0.29, 0.717) is 10.6 Å². The fourth-order valence-electron chi connectivity index (χ4n) is 2.49. The summed E-state index contributed by atoms with van der Waals surface area (Å²) in [5, 5.41) is 0.486. The van der Waals surface area contributed by atoms with Crippen molar-refractivity contribution in [3.05, 3.63) is 82.9 Å². The van der Waals surface area contributed by atoms with Crippen molar-refractivity contribution in [2.24, 2.45) is 5.73 Å². The standard InChI is InChI=1S/C19H14ClF2N3O/c20-15-5-2-1-4-12(15)11-25(19(23)26)18-7-3-6-17(24-18)14-9-8-13(21)10-16(14)22/h1-10H,11H2,(H2,23,26). The molecule has 3 aromatic rings. The minimum atomic E-state index is -0.744. The largest absolute Gasteiger partial charge is 0.351 e. The number of urea groups is 1. The molecule has 7 heteroatoms. The molecule has 2 aromatic carbocycles. The Morgan fingerprint density at radius 2 is 1.85 bits per heavy atom. The van der Waals surface area contributed by atoms with Gasteiger partial charge in [0.1, 0.15) is 17.5 Å². The van der Waals surface area contributed by atoms with Crippen molar-refractivity contribution in [2.45, 2.75) is 6.54 Å². The van der Waals surface area contributed by atoms with E-state index in [-0.39, 0.29) is 23.6 Å². The number of benzene rings is 2. The van der Waals surface area contributed by atoms with E-state index in [1.54, 1.807) is 42.5 Å². The lowest BCUT2D eigenvalue weighted by molar-refractivity contribution is 0.253. The van der Waals surface area contributed by atoms with Gasteiger partial charge in [-0.25, -0.2) is 18.6 Å². The quantitative estimate of drug-likeness (QED) is 0.716. The molecule has 2 amide bonds. The molecule has 0 saturated heterocycles. The Kier molecular flexibility index (Phi) is 5.14. The van der Waals surface area contributed by atoms with Crippen molar-refractivity contribution in [1.29, 1.82) is 0 Å². The molecule has 26 heavy (non-hydrogen) atoms. The van der Waals surface area contributed by atoms with Crippen LogP contribution in [0.2, 0.25) is 5.02 Å². The number of rotatable bonds is 4. The molecular weight excluding hydrogens is 360 g/mol. The Morgan fingerprint density at radius 3 is 2.54 bits per heavy atom. The summed E-state index contributed by atoms with van der Waals surface area (Å²) in [6.07, 6.45) is 0. The monoisotopic (exact) mass is 373 g/mol. The molecule has 4 nitrogen and oxygen atoms in total. The highest BCUT2D eigenvalue weighted by Crippen LogP contribution is 2.26. The lowest BCUT2D eigenvalue weighted by Gasteiger charge is -2.20. The predicted molar refractivity (Wildman–Crippen MR) is 96.8 cm³/mol. The molecule has 0 saturated carbocycles. The summed E-state index contributed by atoms with van der Waals surface area (Å²) < 4.78 is 27.1. The van der Waals surface area contributed by atoms with Gasteiger partial charge in [-0.1, -0.05) is 35.9 Å². The zero-order valence-electron chi connectivity index (χ0n) is 13.5. The zero-order valence-corrected chi connectivity index (χ0v) is 14.3. The van der Waals surface area contributed by atoms with Gasteiger partial charge in [0.15, 0.2) is 0 Å². The zero-order chi connectivity index (χ0) is 18.7. The Labute approximate surface area is 153 Å². The summed E-state index contributed by atoms with van der Waals surface area (Å²) in [7, 11) is 0. The van der Waals surface area contributed by atoms with Crippen molar-refractivity contribution >= 4 is 23.4 Å². The summed E-state index contributed by atoms with van der Waals surface area (Å²) >= 11 is 6.14. The third-order valence-electron chi connectivity index (χ3n) is 3.77. The van der Waals surface area contributed by atoms with Gasteiger partial charge in [0.25, 0.3) is 0 Å². The van der Waals surface area contributed by atoms with Crippen LogP contribution in [0, 0.1) is 11.6 Å². The first-order valence-corrected chi connectivity index (χ1v) is 8.06. The van der Waals surface area contributed by atoms with Crippen LogP contribution in [0.5, 0.6) is 0 Å². The van der Waals surface area contributed by atoms with Crippen LogP contribution in [-0.4, -0.2) is 11.0 Å².